The van der Waals surface area contributed by atoms with Crippen molar-refractivity contribution in [1.29, 1.82) is 0 Å². The summed E-state index contributed by atoms with van der Waals surface area (Å²) in [5.74, 6) is -0.456. The molecule has 0 spiro atoms. The van der Waals surface area contributed by atoms with E-state index in [1.54, 1.807) is 54.6 Å². The molecule has 1 aliphatic heterocycles. The molecule has 3 aromatic rings. The lowest BCUT2D eigenvalue weighted by Gasteiger charge is -2.15. The molecule has 1 aliphatic rings. The number of nitrogens with one attached hydrogen (secondary N) is 2. The Morgan fingerprint density at radius 1 is 1.05 bits per heavy atom. The number of thiocarbonyl (C=S) groups is 1. The van der Waals surface area contributed by atoms with Crippen molar-refractivity contribution in [2.45, 2.75) is 13.8 Å². The molecule has 0 aliphatic carbocycles. The van der Waals surface area contributed by atoms with Crippen molar-refractivity contribution in [1.82, 2.24) is 10.4 Å². The number of benzene rings is 3. The minimum atomic E-state index is -0.442. The van der Waals surface area contributed by atoms with E-state index in [1.165, 1.54) is 7.11 Å². The van der Waals surface area contributed by atoms with Gasteiger partial charge in [-0.05, 0) is 101 Å². The third-order valence-corrected chi connectivity index (χ3v) is 7.70. The Kier molecular flexibility index (Phi) is 9.05. The molecule has 11 heteroatoms. The quantitative estimate of drug-likeness (QED) is 0.247. The third kappa shape index (κ3) is 6.86. The van der Waals surface area contributed by atoms with Crippen LogP contribution in [0.15, 0.2) is 70.0 Å². The Bertz CT molecular complexity index is 1490. The second kappa shape index (κ2) is 12.5. The zero-order chi connectivity index (χ0) is 28.1. The van der Waals surface area contributed by atoms with Gasteiger partial charge in [-0.3, -0.25) is 19.8 Å². The average Bonchev–Trinajstić information content (AvgIpc) is 3.18. The molecule has 0 atom stereocenters. The molecular weight excluding hydrogens is 602 g/mol. The maximum absolute atomic E-state index is 12.9. The fourth-order valence-corrected chi connectivity index (χ4v) is 5.31. The number of rotatable bonds is 8. The fourth-order valence-electron chi connectivity index (χ4n) is 3.57. The lowest BCUT2D eigenvalue weighted by molar-refractivity contribution is -0.123. The molecule has 1 saturated heterocycles. The summed E-state index contributed by atoms with van der Waals surface area (Å²) in [6, 6.07) is 17.4. The van der Waals surface area contributed by atoms with Crippen LogP contribution in [-0.4, -0.2) is 40.8 Å². The number of carbonyl (C=O) groups is 3. The van der Waals surface area contributed by atoms with Gasteiger partial charge in [0.15, 0.2) is 22.4 Å². The predicted octanol–water partition coefficient (Wildman–Crippen LogP) is 5.64. The minimum absolute atomic E-state index is 0.212. The van der Waals surface area contributed by atoms with E-state index in [0.29, 0.717) is 33.2 Å². The van der Waals surface area contributed by atoms with Crippen molar-refractivity contribution >= 4 is 73.7 Å². The average molecular weight is 627 g/mol. The number of aryl methyl sites for hydroxylation is 2. The first-order chi connectivity index (χ1) is 18.7. The van der Waals surface area contributed by atoms with Crippen LogP contribution in [0, 0.1) is 13.8 Å². The van der Waals surface area contributed by atoms with Gasteiger partial charge in [0.05, 0.1) is 17.7 Å². The molecule has 3 amide bonds. The predicted molar refractivity (Wildman–Crippen MR) is 160 cm³/mol. The Labute approximate surface area is 243 Å². The Morgan fingerprint density at radius 2 is 1.77 bits per heavy atom. The van der Waals surface area contributed by atoms with Crippen LogP contribution in [0.2, 0.25) is 0 Å². The number of anilines is 1. The molecule has 0 saturated carbocycles. The van der Waals surface area contributed by atoms with Gasteiger partial charge >= 0.3 is 0 Å². The van der Waals surface area contributed by atoms with Crippen LogP contribution in [0.4, 0.5) is 5.69 Å². The number of ether oxygens (including phenoxy) is 2. The minimum Gasteiger partial charge on any atom is -0.493 e. The van der Waals surface area contributed by atoms with E-state index < -0.39 is 11.8 Å². The summed E-state index contributed by atoms with van der Waals surface area (Å²) in [5.41, 5.74) is 6.44. The van der Waals surface area contributed by atoms with Gasteiger partial charge in [-0.2, -0.15) is 5.01 Å². The van der Waals surface area contributed by atoms with Crippen molar-refractivity contribution in [3.05, 3.63) is 92.3 Å². The topological polar surface area (TPSA) is 97.0 Å². The monoisotopic (exact) mass is 625 g/mol. The van der Waals surface area contributed by atoms with Crippen molar-refractivity contribution in [3.8, 4) is 11.5 Å². The second-order valence-corrected chi connectivity index (χ2v) is 11.0. The Morgan fingerprint density at radius 3 is 2.49 bits per heavy atom. The van der Waals surface area contributed by atoms with Gasteiger partial charge in [0.1, 0.15) is 0 Å². The molecule has 0 radical (unpaired) electrons. The van der Waals surface area contributed by atoms with Gasteiger partial charge in [0.2, 0.25) is 0 Å². The number of halogens is 1. The molecule has 4 rings (SSSR count). The Hall–Kier alpha value is -3.67. The highest BCUT2D eigenvalue weighted by Crippen LogP contribution is 2.34. The van der Waals surface area contributed by atoms with Crippen LogP contribution in [0.3, 0.4) is 0 Å². The van der Waals surface area contributed by atoms with Crippen molar-refractivity contribution in [2.24, 2.45) is 0 Å². The van der Waals surface area contributed by atoms with E-state index in [4.69, 9.17) is 21.7 Å². The number of thioether (sulfide) groups is 1. The number of carbonyl (C=O) groups excluding carboxylic acids is 3. The Balaban J connectivity index is 1.41. The van der Waals surface area contributed by atoms with Gasteiger partial charge in [-0.25, -0.2) is 0 Å². The van der Waals surface area contributed by atoms with Crippen LogP contribution >= 0.6 is 39.9 Å². The highest BCUT2D eigenvalue weighted by Gasteiger charge is 2.33. The second-order valence-electron chi connectivity index (χ2n) is 8.49. The van der Waals surface area contributed by atoms with E-state index in [-0.39, 0.29) is 16.8 Å². The molecule has 39 heavy (non-hydrogen) atoms. The standard InChI is InChI=1S/C28H24BrN3O5S2/c1-16-11-20(29)21(12-17(16)2)30-25(33)15-37-22-10-9-18(13-23(22)36-3)14-24-27(35)32(28(38)39-24)31-26(34)19-7-5-4-6-8-19/h4-14H,15H2,1-3H3,(H,30,33)(H,31,34)/b24-14-. The molecule has 0 bridgehead atoms. The summed E-state index contributed by atoms with van der Waals surface area (Å²) in [6.07, 6.45) is 1.64. The molecule has 8 nitrogen and oxygen atoms in total. The summed E-state index contributed by atoms with van der Waals surface area (Å²) >= 11 is 9.85. The van der Waals surface area contributed by atoms with Crippen LogP contribution in [-0.2, 0) is 9.59 Å². The molecule has 200 valence electrons. The largest absolute Gasteiger partial charge is 0.493 e. The van der Waals surface area contributed by atoms with Gasteiger partial charge in [0.25, 0.3) is 17.7 Å². The normalized spacial score (nSPS) is 13.9. The third-order valence-electron chi connectivity index (χ3n) is 5.74. The maximum atomic E-state index is 12.9. The molecule has 1 heterocycles. The van der Waals surface area contributed by atoms with Gasteiger partial charge < -0.3 is 14.8 Å². The first-order valence-electron chi connectivity index (χ1n) is 11.7. The van der Waals surface area contributed by atoms with Crippen molar-refractivity contribution < 1.29 is 23.9 Å². The lowest BCUT2D eigenvalue weighted by atomic mass is 10.1. The summed E-state index contributed by atoms with van der Waals surface area (Å²) in [6.45, 7) is 3.74. The lowest BCUT2D eigenvalue weighted by Crippen LogP contribution is -2.44. The summed E-state index contributed by atoms with van der Waals surface area (Å²) < 4.78 is 12.1. The molecule has 3 aromatic carbocycles. The summed E-state index contributed by atoms with van der Waals surface area (Å²) in [5, 5.41) is 3.89. The highest BCUT2D eigenvalue weighted by molar-refractivity contribution is 9.10. The van der Waals surface area contributed by atoms with E-state index in [0.717, 1.165) is 32.4 Å². The zero-order valence-corrected chi connectivity index (χ0v) is 24.5. The van der Waals surface area contributed by atoms with Gasteiger partial charge in [-0.15, -0.1) is 0 Å². The fraction of sp³-hybridized carbons (Fsp3) is 0.143. The van der Waals surface area contributed by atoms with E-state index >= 15 is 0 Å². The number of nitrogens with zero attached hydrogens (tertiary/aromatic N) is 1. The molecule has 0 unspecified atom stereocenters. The van der Waals surface area contributed by atoms with Gasteiger partial charge in [-0.1, -0.05) is 36.0 Å². The zero-order valence-electron chi connectivity index (χ0n) is 21.2. The SMILES string of the molecule is COc1cc(/C=C2\SC(=S)N(NC(=O)c3ccccc3)C2=O)ccc1OCC(=O)Nc1cc(C)c(C)cc1Br. The van der Waals surface area contributed by atoms with E-state index in [9.17, 15) is 14.4 Å². The first-order valence-corrected chi connectivity index (χ1v) is 13.7. The van der Waals surface area contributed by atoms with Crippen LogP contribution in [0.5, 0.6) is 11.5 Å². The molecule has 0 aromatic heterocycles. The number of hydrogen-bond acceptors (Lipinski definition) is 7. The van der Waals surface area contributed by atoms with Crippen LogP contribution < -0.4 is 20.2 Å². The number of hydrazine groups is 1. The maximum Gasteiger partial charge on any atom is 0.285 e. The number of hydrogen-bond donors (Lipinski definition) is 2. The smallest absolute Gasteiger partial charge is 0.285 e. The van der Waals surface area contributed by atoms with E-state index in [2.05, 4.69) is 26.7 Å². The van der Waals surface area contributed by atoms with Gasteiger partial charge in [0, 0.05) is 10.0 Å². The van der Waals surface area contributed by atoms with Crippen molar-refractivity contribution in [3.63, 3.8) is 0 Å². The van der Waals surface area contributed by atoms with Crippen molar-refractivity contribution in [2.75, 3.05) is 19.0 Å². The molecule has 2 N–H and O–H groups in total. The van der Waals surface area contributed by atoms with E-state index in [1.807, 2.05) is 26.0 Å². The van der Waals surface area contributed by atoms with Crippen LogP contribution in [0.25, 0.3) is 6.08 Å². The van der Waals surface area contributed by atoms with Crippen LogP contribution in [0.1, 0.15) is 27.0 Å². The summed E-state index contributed by atoms with van der Waals surface area (Å²) in [7, 11) is 1.48. The summed E-state index contributed by atoms with van der Waals surface area (Å²) in [4.78, 5) is 38.2. The molecular formula is C28H24BrN3O5S2. The number of amides is 3. The molecule has 1 fully saturated rings. The first kappa shape index (κ1) is 28.3. The highest BCUT2D eigenvalue weighted by atomic mass is 79.9. The number of methoxy groups -OCH3 is 1.